The van der Waals surface area contributed by atoms with Crippen molar-refractivity contribution in [3.63, 3.8) is 0 Å². The van der Waals surface area contributed by atoms with Crippen LogP contribution in [0.2, 0.25) is 0 Å². The van der Waals surface area contributed by atoms with Crippen LogP contribution >= 0.6 is 0 Å². The average Bonchev–Trinajstić information content (AvgIpc) is 3.57. The molecule has 0 aliphatic carbocycles. The van der Waals surface area contributed by atoms with Crippen LogP contribution in [0.1, 0.15) is 16.8 Å². The molecule has 240 valence electrons. The number of alkyl halides is 2. The number of pyridine rings is 1. The number of aliphatic hydroxyl groups is 1. The first-order valence-electron chi connectivity index (χ1n) is 14.2. The Kier molecular flexibility index (Phi) is 8.29. The molecule has 1 aliphatic heterocycles. The van der Waals surface area contributed by atoms with Gasteiger partial charge in [-0.3, -0.25) is 4.98 Å². The number of hydrogen-bond acceptors (Lipinski definition) is 8. The van der Waals surface area contributed by atoms with E-state index >= 15 is 13.2 Å². The highest BCUT2D eigenvalue weighted by atomic mass is 19.3. The third-order valence-electron chi connectivity index (χ3n) is 8.08. The van der Waals surface area contributed by atoms with Gasteiger partial charge in [0.25, 0.3) is 0 Å². The van der Waals surface area contributed by atoms with Gasteiger partial charge in [-0.25, -0.2) is 22.2 Å². The largest absolute Gasteiger partial charge is 0.377 e. The Bertz CT molecular complexity index is 1940. The van der Waals surface area contributed by atoms with Crippen LogP contribution in [0.5, 0.6) is 0 Å². The van der Waals surface area contributed by atoms with Crippen molar-refractivity contribution in [3.05, 3.63) is 119 Å². The molecule has 3 heterocycles. The highest BCUT2D eigenvalue weighted by Crippen LogP contribution is 2.47. The van der Waals surface area contributed by atoms with Crippen molar-refractivity contribution < 1.29 is 31.4 Å². The molecular weight excluding hydrogens is 626 g/mol. The van der Waals surface area contributed by atoms with Gasteiger partial charge >= 0.3 is 5.92 Å². The highest BCUT2D eigenvalue weighted by molar-refractivity contribution is 5.67. The summed E-state index contributed by atoms with van der Waals surface area (Å²) in [6.07, 6.45) is 2.02. The third-order valence-corrected chi connectivity index (χ3v) is 8.08. The van der Waals surface area contributed by atoms with E-state index in [0.29, 0.717) is 55.2 Å². The number of piperazine rings is 1. The van der Waals surface area contributed by atoms with Crippen LogP contribution in [-0.2, 0) is 18.1 Å². The molecule has 6 rings (SSSR count). The van der Waals surface area contributed by atoms with Gasteiger partial charge in [-0.05, 0) is 64.5 Å². The number of aromatic nitrogens is 5. The van der Waals surface area contributed by atoms with E-state index in [1.54, 1.807) is 23.1 Å². The number of halogens is 6. The normalized spacial score (nSPS) is 14.9. The van der Waals surface area contributed by atoms with Crippen molar-refractivity contribution >= 4 is 11.4 Å². The van der Waals surface area contributed by atoms with E-state index in [1.165, 1.54) is 24.3 Å². The molecular formula is C32H24F6N8O. The molecule has 47 heavy (non-hydrogen) atoms. The molecule has 15 heteroatoms. The van der Waals surface area contributed by atoms with E-state index in [0.717, 1.165) is 29.3 Å². The van der Waals surface area contributed by atoms with Gasteiger partial charge in [0.2, 0.25) is 0 Å². The van der Waals surface area contributed by atoms with Gasteiger partial charge in [-0.15, -0.1) is 5.10 Å². The second kappa shape index (κ2) is 12.4. The van der Waals surface area contributed by atoms with E-state index in [-0.39, 0.29) is 11.1 Å². The Labute approximate surface area is 263 Å². The number of rotatable bonds is 8. The van der Waals surface area contributed by atoms with Crippen LogP contribution in [0.4, 0.5) is 37.7 Å². The van der Waals surface area contributed by atoms with Crippen LogP contribution in [0.15, 0.2) is 79.3 Å². The maximum atomic E-state index is 16.1. The number of tetrazole rings is 1. The van der Waals surface area contributed by atoms with Crippen LogP contribution in [0, 0.1) is 34.6 Å². The van der Waals surface area contributed by atoms with E-state index in [4.69, 9.17) is 5.26 Å². The quantitative estimate of drug-likeness (QED) is 0.230. The Morgan fingerprint density at radius 2 is 1.45 bits per heavy atom. The third kappa shape index (κ3) is 5.95. The summed E-state index contributed by atoms with van der Waals surface area (Å²) in [5.41, 5.74) is -3.63. The van der Waals surface area contributed by atoms with Crippen LogP contribution < -0.4 is 9.80 Å². The smallest absolute Gasteiger partial charge is 0.323 e. The Hall–Kier alpha value is -5.49. The molecule has 2 aromatic heterocycles. The van der Waals surface area contributed by atoms with Crippen molar-refractivity contribution in [1.29, 1.82) is 5.26 Å². The van der Waals surface area contributed by atoms with Gasteiger partial charge in [0.05, 0.1) is 29.6 Å². The Morgan fingerprint density at radius 3 is 2.00 bits per heavy atom. The number of anilines is 2. The molecule has 1 fully saturated rings. The molecule has 0 unspecified atom stereocenters. The number of benzene rings is 3. The zero-order valence-electron chi connectivity index (χ0n) is 24.3. The second-order valence-corrected chi connectivity index (χ2v) is 10.9. The minimum Gasteiger partial charge on any atom is -0.377 e. The summed E-state index contributed by atoms with van der Waals surface area (Å²) >= 11 is 0. The number of nitriles is 1. The van der Waals surface area contributed by atoms with E-state index in [2.05, 4.69) is 20.5 Å². The molecule has 0 radical (unpaired) electrons. The lowest BCUT2D eigenvalue weighted by molar-refractivity contribution is -0.207. The van der Waals surface area contributed by atoms with Crippen molar-refractivity contribution in [1.82, 2.24) is 25.2 Å². The standard InChI is InChI=1S/C32H24F6N8O/c33-23-4-5-24(25(34)15-23)31(47,18-46-19-41-42-43-46)32(37,38)30-8-3-22(17-40-30)21-2-7-29(27(36)14-21)45-11-9-44(10-12-45)28-6-1-20(16-39)13-26(28)35/h1-8,13-15,17,19,47H,9-12,18H2/t31-/m0/s1. The summed E-state index contributed by atoms with van der Waals surface area (Å²) in [4.78, 5) is 7.46. The Morgan fingerprint density at radius 1 is 0.787 bits per heavy atom. The van der Waals surface area contributed by atoms with Gasteiger partial charge in [0, 0.05) is 49.6 Å². The topological polar surface area (TPSA) is 107 Å². The van der Waals surface area contributed by atoms with Crippen molar-refractivity contribution in [2.24, 2.45) is 0 Å². The fourth-order valence-corrected chi connectivity index (χ4v) is 5.59. The first kappa shape index (κ1) is 31.5. The average molecular weight is 651 g/mol. The molecule has 1 atom stereocenters. The first-order valence-corrected chi connectivity index (χ1v) is 14.2. The molecule has 5 aromatic rings. The summed E-state index contributed by atoms with van der Waals surface area (Å²) in [6.45, 7) is 0.602. The van der Waals surface area contributed by atoms with Gasteiger partial charge in [0.15, 0.2) is 5.60 Å². The van der Waals surface area contributed by atoms with Gasteiger partial charge in [-0.1, -0.05) is 12.1 Å². The maximum absolute atomic E-state index is 16.1. The van der Waals surface area contributed by atoms with Gasteiger partial charge in [0.1, 0.15) is 35.3 Å². The second-order valence-electron chi connectivity index (χ2n) is 10.9. The van der Waals surface area contributed by atoms with E-state index in [9.17, 15) is 18.3 Å². The van der Waals surface area contributed by atoms with Crippen LogP contribution in [0.3, 0.4) is 0 Å². The van der Waals surface area contributed by atoms with Crippen LogP contribution in [0.25, 0.3) is 11.1 Å². The minimum atomic E-state index is -4.24. The number of nitrogens with zero attached hydrogens (tertiary/aromatic N) is 8. The molecule has 0 spiro atoms. The lowest BCUT2D eigenvalue weighted by Gasteiger charge is -2.37. The summed E-state index contributed by atoms with van der Waals surface area (Å²) in [5.74, 6) is -7.76. The molecule has 1 aliphatic rings. The van der Waals surface area contributed by atoms with Crippen LogP contribution in [-0.4, -0.2) is 56.5 Å². The lowest BCUT2D eigenvalue weighted by Crippen LogP contribution is -2.48. The molecule has 1 N–H and O–H groups in total. The zero-order chi connectivity index (χ0) is 33.3. The lowest BCUT2D eigenvalue weighted by atomic mass is 9.84. The minimum absolute atomic E-state index is 0.216. The summed E-state index contributed by atoms with van der Waals surface area (Å²) in [7, 11) is 0. The molecule has 0 saturated carbocycles. The summed E-state index contributed by atoms with van der Waals surface area (Å²) in [6, 6.07) is 14.5. The van der Waals surface area contributed by atoms with E-state index < -0.39 is 52.6 Å². The highest BCUT2D eigenvalue weighted by Gasteiger charge is 2.58. The first-order chi connectivity index (χ1) is 22.5. The van der Waals surface area contributed by atoms with Crippen molar-refractivity contribution in [2.45, 2.75) is 18.1 Å². The maximum Gasteiger partial charge on any atom is 0.323 e. The van der Waals surface area contributed by atoms with Gasteiger partial charge in [-0.2, -0.15) is 14.0 Å². The summed E-state index contributed by atoms with van der Waals surface area (Å²) < 4.78 is 91.1. The van der Waals surface area contributed by atoms with Crippen molar-refractivity contribution in [3.8, 4) is 17.2 Å². The fourth-order valence-electron chi connectivity index (χ4n) is 5.59. The Balaban J connectivity index is 1.21. The van der Waals surface area contributed by atoms with E-state index in [1.807, 2.05) is 11.0 Å². The SMILES string of the molecule is N#Cc1ccc(N2CCN(c3ccc(-c4ccc(C(F)(F)[C@](O)(Cn5cnnn5)c5ccc(F)cc5F)nc4)cc3F)CC2)c(F)c1. The number of hydrogen-bond donors (Lipinski definition) is 1. The van der Waals surface area contributed by atoms with Gasteiger partial charge < -0.3 is 14.9 Å². The monoisotopic (exact) mass is 650 g/mol. The molecule has 1 saturated heterocycles. The molecule has 3 aromatic carbocycles. The molecule has 9 nitrogen and oxygen atoms in total. The molecule has 0 amide bonds. The summed E-state index contributed by atoms with van der Waals surface area (Å²) in [5, 5.41) is 30.5. The predicted molar refractivity (Wildman–Crippen MR) is 157 cm³/mol. The molecule has 0 bridgehead atoms. The van der Waals surface area contributed by atoms with Crippen molar-refractivity contribution in [2.75, 3.05) is 36.0 Å². The fraction of sp³-hybridized carbons (Fsp3) is 0.219. The zero-order valence-corrected chi connectivity index (χ0v) is 24.3. The predicted octanol–water partition coefficient (Wildman–Crippen LogP) is 5.17.